The van der Waals surface area contributed by atoms with E-state index in [9.17, 15) is 19.1 Å². The van der Waals surface area contributed by atoms with Gasteiger partial charge in [0.25, 0.3) is 5.56 Å². The number of aliphatic hydroxyl groups excluding tert-OH is 1. The van der Waals surface area contributed by atoms with Crippen molar-refractivity contribution < 1.29 is 14.3 Å². The standard InChI is InChI=1S/C26H28FN5O3S/c27-18-4-1-15-2-6-23(35)32-10-7-16(24(18)25(15)32)12-31-9-8-19(20(33)13-31)28-11-17-3-5-21-26(29-17)30-22(34)14-36-21/h1-6,16,19-20,28,33H,7-14H2,(H,29,30,34)/t16?,19-,20+/m0/s1. The SMILES string of the molecule is O=C1CSc2ccc(CN[C@H]3CCN(CC4CCn5c(=O)ccc6ccc(F)c4c65)C[C@H]3O)nc2N1. The Hall–Kier alpha value is -2.79. The van der Waals surface area contributed by atoms with Crippen LogP contribution in [0.1, 0.15) is 30.0 Å². The number of aryl methyl sites for hydroxylation is 1. The number of hydrogen-bond acceptors (Lipinski definition) is 7. The highest BCUT2D eigenvalue weighted by Crippen LogP contribution is 2.35. The van der Waals surface area contributed by atoms with Crippen molar-refractivity contribution >= 4 is 34.4 Å². The number of anilines is 1. The zero-order valence-electron chi connectivity index (χ0n) is 19.7. The molecule has 5 heterocycles. The average Bonchev–Trinajstić information content (AvgIpc) is 2.87. The third kappa shape index (κ3) is 4.43. The number of fused-ring (bicyclic) bond motifs is 1. The minimum atomic E-state index is -0.564. The summed E-state index contributed by atoms with van der Waals surface area (Å²) in [5.41, 5.74) is 2.05. The molecule has 3 N–H and O–H groups in total. The fourth-order valence-electron chi connectivity index (χ4n) is 5.67. The summed E-state index contributed by atoms with van der Waals surface area (Å²) in [6.45, 7) is 3.00. The Morgan fingerprint density at radius 1 is 1.14 bits per heavy atom. The Bertz CT molecular complexity index is 1400. The van der Waals surface area contributed by atoms with Gasteiger partial charge in [-0.2, -0.15) is 0 Å². The van der Waals surface area contributed by atoms with Crippen LogP contribution in [0.15, 0.2) is 46.1 Å². The van der Waals surface area contributed by atoms with E-state index >= 15 is 0 Å². The predicted molar refractivity (Wildman–Crippen MR) is 137 cm³/mol. The highest BCUT2D eigenvalue weighted by atomic mass is 32.2. The molecule has 10 heteroatoms. The molecule has 36 heavy (non-hydrogen) atoms. The van der Waals surface area contributed by atoms with Crippen LogP contribution >= 0.6 is 11.8 Å². The van der Waals surface area contributed by atoms with E-state index in [2.05, 4.69) is 20.5 Å². The number of carbonyl (C=O) groups excluding carboxylic acids is 1. The van der Waals surface area contributed by atoms with Crippen LogP contribution in [0.5, 0.6) is 0 Å². The minimum absolute atomic E-state index is 0.0278. The molecule has 0 bridgehead atoms. The molecule has 8 nitrogen and oxygen atoms in total. The summed E-state index contributed by atoms with van der Waals surface area (Å²) in [5, 5.41) is 18.0. The Morgan fingerprint density at radius 3 is 2.86 bits per heavy atom. The van der Waals surface area contributed by atoms with Gasteiger partial charge in [-0.1, -0.05) is 0 Å². The Kier molecular flexibility index (Phi) is 6.28. The third-order valence-corrected chi connectivity index (χ3v) is 8.52. The number of amides is 1. The number of benzene rings is 1. The Labute approximate surface area is 211 Å². The molecule has 0 aliphatic carbocycles. The van der Waals surface area contributed by atoms with Gasteiger partial charge in [0.1, 0.15) is 11.6 Å². The molecule has 1 amide bonds. The number of pyridine rings is 2. The topological polar surface area (TPSA) is 99.5 Å². The number of halogens is 1. The lowest BCUT2D eigenvalue weighted by Crippen LogP contribution is -2.53. The summed E-state index contributed by atoms with van der Waals surface area (Å²) in [5.74, 6) is 0.669. The van der Waals surface area contributed by atoms with Crippen molar-refractivity contribution in [1.29, 1.82) is 0 Å². The first-order valence-corrected chi connectivity index (χ1v) is 13.3. The van der Waals surface area contributed by atoms with Crippen molar-refractivity contribution in [3.8, 4) is 0 Å². The number of β-amino-alcohol motifs (C(OH)–C–C–N with tert-alkyl or cyclic N) is 1. The molecule has 1 unspecified atom stereocenters. The predicted octanol–water partition coefficient (Wildman–Crippen LogP) is 2.29. The Morgan fingerprint density at radius 2 is 2.00 bits per heavy atom. The second kappa shape index (κ2) is 9.59. The van der Waals surface area contributed by atoms with Gasteiger partial charge in [0.15, 0.2) is 0 Å². The van der Waals surface area contributed by atoms with Gasteiger partial charge in [-0.3, -0.25) is 9.59 Å². The van der Waals surface area contributed by atoms with Gasteiger partial charge in [-0.15, -0.1) is 11.8 Å². The van der Waals surface area contributed by atoms with Gasteiger partial charge in [0.2, 0.25) is 5.91 Å². The molecule has 0 spiro atoms. The lowest BCUT2D eigenvalue weighted by Gasteiger charge is -2.39. The zero-order valence-corrected chi connectivity index (χ0v) is 20.6. The van der Waals surface area contributed by atoms with E-state index in [0.29, 0.717) is 55.3 Å². The van der Waals surface area contributed by atoms with Gasteiger partial charge in [0, 0.05) is 49.8 Å². The van der Waals surface area contributed by atoms with Crippen molar-refractivity contribution in [3.63, 3.8) is 0 Å². The maximum absolute atomic E-state index is 15.0. The number of aromatic nitrogens is 2. The molecule has 6 rings (SSSR count). The first kappa shape index (κ1) is 23.6. The van der Waals surface area contributed by atoms with E-state index in [1.54, 1.807) is 22.8 Å². The van der Waals surface area contributed by atoms with Gasteiger partial charge in [0.05, 0.1) is 28.0 Å². The van der Waals surface area contributed by atoms with Crippen LogP contribution < -0.4 is 16.2 Å². The lowest BCUT2D eigenvalue weighted by atomic mass is 9.88. The number of aliphatic hydroxyl groups is 1. The molecular formula is C26H28FN5O3S. The van der Waals surface area contributed by atoms with E-state index < -0.39 is 6.10 Å². The largest absolute Gasteiger partial charge is 0.390 e. The summed E-state index contributed by atoms with van der Waals surface area (Å²) in [6.07, 6.45) is 0.888. The molecule has 3 aromatic rings. The van der Waals surface area contributed by atoms with Gasteiger partial charge in [-0.05, 0) is 55.1 Å². The summed E-state index contributed by atoms with van der Waals surface area (Å²) in [7, 11) is 0. The molecule has 188 valence electrons. The highest BCUT2D eigenvalue weighted by Gasteiger charge is 2.32. The average molecular weight is 510 g/mol. The Balaban J connectivity index is 1.10. The summed E-state index contributed by atoms with van der Waals surface area (Å²) < 4.78 is 16.7. The number of rotatable bonds is 5. The van der Waals surface area contributed by atoms with E-state index in [0.717, 1.165) is 28.9 Å². The van der Waals surface area contributed by atoms with Crippen LogP contribution in [-0.2, 0) is 17.9 Å². The fraction of sp³-hybridized carbons (Fsp3) is 0.423. The molecule has 2 aromatic heterocycles. The maximum atomic E-state index is 15.0. The van der Waals surface area contributed by atoms with Gasteiger partial charge in [-0.25, -0.2) is 9.37 Å². The van der Waals surface area contributed by atoms with Crippen molar-refractivity contribution in [3.05, 3.63) is 63.8 Å². The number of piperidine rings is 1. The molecule has 3 atom stereocenters. The minimum Gasteiger partial charge on any atom is -0.390 e. The molecule has 0 radical (unpaired) electrons. The van der Waals surface area contributed by atoms with E-state index in [-0.39, 0.29) is 29.2 Å². The van der Waals surface area contributed by atoms with Crippen molar-refractivity contribution in [2.75, 3.05) is 30.7 Å². The van der Waals surface area contributed by atoms with E-state index in [4.69, 9.17) is 0 Å². The summed E-state index contributed by atoms with van der Waals surface area (Å²) in [6, 6.07) is 10.4. The van der Waals surface area contributed by atoms with E-state index in [1.807, 2.05) is 12.1 Å². The van der Waals surface area contributed by atoms with Crippen LogP contribution in [0.3, 0.4) is 0 Å². The number of hydrogen-bond donors (Lipinski definition) is 3. The van der Waals surface area contributed by atoms with E-state index in [1.165, 1.54) is 17.8 Å². The van der Waals surface area contributed by atoms with Crippen LogP contribution in [0.25, 0.3) is 10.9 Å². The molecular weight excluding hydrogens is 481 g/mol. The normalized spacial score (nSPS) is 23.9. The maximum Gasteiger partial charge on any atom is 0.251 e. The number of nitrogens with zero attached hydrogens (tertiary/aromatic N) is 3. The van der Waals surface area contributed by atoms with Crippen molar-refractivity contribution in [2.45, 2.75) is 48.9 Å². The molecule has 3 aliphatic heterocycles. The smallest absolute Gasteiger partial charge is 0.251 e. The van der Waals surface area contributed by atoms with Crippen LogP contribution in [0, 0.1) is 5.82 Å². The second-order valence-corrected chi connectivity index (χ2v) is 10.8. The monoisotopic (exact) mass is 509 g/mol. The first-order valence-electron chi connectivity index (χ1n) is 12.3. The zero-order chi connectivity index (χ0) is 24.8. The lowest BCUT2D eigenvalue weighted by molar-refractivity contribution is -0.113. The summed E-state index contributed by atoms with van der Waals surface area (Å²) in [4.78, 5) is 31.7. The fourth-order valence-corrected chi connectivity index (χ4v) is 6.43. The second-order valence-electron chi connectivity index (χ2n) is 9.80. The summed E-state index contributed by atoms with van der Waals surface area (Å²) >= 11 is 1.48. The number of thioether (sulfide) groups is 1. The number of nitrogens with one attached hydrogen (secondary N) is 2. The third-order valence-electron chi connectivity index (χ3n) is 7.47. The van der Waals surface area contributed by atoms with Crippen molar-refractivity contribution in [1.82, 2.24) is 19.8 Å². The number of carbonyl (C=O) groups is 1. The van der Waals surface area contributed by atoms with Crippen LogP contribution in [0.4, 0.5) is 10.2 Å². The molecule has 0 saturated carbocycles. The number of likely N-dealkylation sites (tertiary alicyclic amines) is 1. The highest BCUT2D eigenvalue weighted by molar-refractivity contribution is 8.00. The quantitative estimate of drug-likeness (QED) is 0.485. The van der Waals surface area contributed by atoms with Crippen molar-refractivity contribution in [2.24, 2.45) is 0 Å². The van der Waals surface area contributed by atoms with Crippen LogP contribution in [0.2, 0.25) is 0 Å². The molecule has 1 aromatic carbocycles. The molecule has 1 fully saturated rings. The van der Waals surface area contributed by atoms with Gasteiger partial charge >= 0.3 is 0 Å². The molecule has 1 saturated heterocycles. The van der Waals surface area contributed by atoms with Crippen LogP contribution in [-0.4, -0.2) is 63.0 Å². The van der Waals surface area contributed by atoms with Gasteiger partial charge < -0.3 is 25.2 Å². The molecule has 3 aliphatic rings. The first-order chi connectivity index (χ1) is 17.5.